The second-order valence-corrected chi connectivity index (χ2v) is 5.86. The van der Waals surface area contributed by atoms with Gasteiger partial charge in [-0.05, 0) is 39.8 Å². The number of methoxy groups -OCH3 is 1. The van der Waals surface area contributed by atoms with E-state index in [2.05, 4.69) is 15.4 Å². The van der Waals surface area contributed by atoms with Gasteiger partial charge in [-0.1, -0.05) is 6.07 Å². The molecular formula is C15H23N3O3. The lowest BCUT2D eigenvalue weighted by molar-refractivity contribution is -0.122. The molecule has 6 nitrogen and oxygen atoms in total. The van der Waals surface area contributed by atoms with Crippen molar-refractivity contribution >= 4 is 23.3 Å². The Labute approximate surface area is 125 Å². The van der Waals surface area contributed by atoms with E-state index in [9.17, 15) is 9.59 Å². The topological polar surface area (TPSA) is 93.4 Å². The maximum absolute atomic E-state index is 12.0. The predicted molar refractivity (Wildman–Crippen MR) is 83.2 cm³/mol. The highest BCUT2D eigenvalue weighted by Crippen LogP contribution is 2.24. The number of nitrogen functional groups attached to an aromatic ring is 1. The van der Waals surface area contributed by atoms with Crippen LogP contribution in [0.4, 0.5) is 11.4 Å². The second kappa shape index (κ2) is 6.47. The summed E-state index contributed by atoms with van der Waals surface area (Å²) in [7, 11) is 1.29. The summed E-state index contributed by atoms with van der Waals surface area (Å²) in [6.45, 7) is 7.45. The highest BCUT2D eigenvalue weighted by atomic mass is 16.5. The predicted octanol–water partition coefficient (Wildman–Crippen LogP) is 1.77. The highest BCUT2D eigenvalue weighted by molar-refractivity contribution is 5.98. The van der Waals surface area contributed by atoms with E-state index in [-0.39, 0.29) is 22.7 Å². The fourth-order valence-corrected chi connectivity index (χ4v) is 1.76. The largest absolute Gasteiger partial charge is 0.465 e. The summed E-state index contributed by atoms with van der Waals surface area (Å²) in [5, 5.41) is 5.88. The van der Waals surface area contributed by atoms with Crippen LogP contribution < -0.4 is 16.4 Å². The van der Waals surface area contributed by atoms with Gasteiger partial charge in [-0.15, -0.1) is 0 Å². The van der Waals surface area contributed by atoms with Gasteiger partial charge in [-0.3, -0.25) is 4.79 Å². The SMILES string of the molecule is COC(=O)c1cccc(NC(C)C(=O)NC(C)(C)C)c1N. The molecule has 21 heavy (non-hydrogen) atoms. The Morgan fingerprint density at radius 2 is 1.90 bits per heavy atom. The third kappa shape index (κ3) is 4.66. The van der Waals surface area contributed by atoms with E-state index in [0.717, 1.165) is 0 Å². The van der Waals surface area contributed by atoms with Crippen molar-refractivity contribution in [2.24, 2.45) is 0 Å². The van der Waals surface area contributed by atoms with Crippen molar-refractivity contribution in [2.75, 3.05) is 18.2 Å². The van der Waals surface area contributed by atoms with E-state index in [1.165, 1.54) is 7.11 Å². The summed E-state index contributed by atoms with van der Waals surface area (Å²) in [6, 6.07) is 4.48. The maximum Gasteiger partial charge on any atom is 0.340 e. The van der Waals surface area contributed by atoms with Gasteiger partial charge >= 0.3 is 5.97 Å². The molecule has 1 unspecified atom stereocenters. The van der Waals surface area contributed by atoms with Crippen LogP contribution in [0.3, 0.4) is 0 Å². The number of hydrogen-bond acceptors (Lipinski definition) is 5. The Morgan fingerprint density at radius 1 is 1.29 bits per heavy atom. The number of ether oxygens (including phenoxy) is 1. The number of carbonyl (C=O) groups is 2. The zero-order chi connectivity index (χ0) is 16.2. The summed E-state index contributed by atoms with van der Waals surface area (Å²) in [5.74, 6) is -0.659. The van der Waals surface area contributed by atoms with E-state index in [1.807, 2.05) is 20.8 Å². The number of hydrogen-bond donors (Lipinski definition) is 3. The monoisotopic (exact) mass is 293 g/mol. The summed E-state index contributed by atoms with van der Waals surface area (Å²) in [5.41, 5.74) is 6.68. The molecule has 116 valence electrons. The van der Waals surface area contributed by atoms with E-state index >= 15 is 0 Å². The molecule has 0 saturated carbocycles. The minimum Gasteiger partial charge on any atom is -0.465 e. The minimum absolute atomic E-state index is 0.148. The van der Waals surface area contributed by atoms with E-state index in [1.54, 1.807) is 25.1 Å². The summed E-state index contributed by atoms with van der Waals surface area (Å²) in [6.07, 6.45) is 0. The van der Waals surface area contributed by atoms with Gasteiger partial charge in [0.2, 0.25) is 5.91 Å². The molecule has 4 N–H and O–H groups in total. The minimum atomic E-state index is -0.511. The molecule has 1 aromatic rings. The lowest BCUT2D eigenvalue weighted by Gasteiger charge is -2.24. The fourth-order valence-electron chi connectivity index (χ4n) is 1.76. The molecule has 0 heterocycles. The van der Waals surface area contributed by atoms with Crippen LogP contribution in [0, 0.1) is 0 Å². The van der Waals surface area contributed by atoms with Crippen LogP contribution >= 0.6 is 0 Å². The lowest BCUT2D eigenvalue weighted by atomic mass is 10.1. The lowest BCUT2D eigenvalue weighted by Crippen LogP contribution is -2.47. The molecule has 0 aliphatic rings. The number of para-hydroxylation sites is 1. The molecule has 6 heteroatoms. The Morgan fingerprint density at radius 3 is 2.43 bits per heavy atom. The normalized spacial score (nSPS) is 12.4. The van der Waals surface area contributed by atoms with Crippen LogP contribution in [-0.2, 0) is 9.53 Å². The molecule has 0 aliphatic carbocycles. The smallest absolute Gasteiger partial charge is 0.340 e. The number of carbonyl (C=O) groups excluding carboxylic acids is 2. The number of rotatable bonds is 4. The van der Waals surface area contributed by atoms with Crippen molar-refractivity contribution in [1.29, 1.82) is 0 Å². The van der Waals surface area contributed by atoms with Crippen LogP contribution in [-0.4, -0.2) is 30.6 Å². The average Bonchev–Trinajstić information content (AvgIpc) is 2.38. The molecule has 0 spiro atoms. The van der Waals surface area contributed by atoms with Gasteiger partial charge in [0, 0.05) is 5.54 Å². The zero-order valence-electron chi connectivity index (χ0n) is 13.1. The number of nitrogens with one attached hydrogen (secondary N) is 2. The first-order valence-electron chi connectivity index (χ1n) is 6.71. The molecule has 1 aromatic carbocycles. The van der Waals surface area contributed by atoms with Crippen LogP contribution in [0.1, 0.15) is 38.1 Å². The van der Waals surface area contributed by atoms with Gasteiger partial charge in [0.25, 0.3) is 0 Å². The van der Waals surface area contributed by atoms with Gasteiger partial charge in [-0.2, -0.15) is 0 Å². The molecule has 1 atom stereocenters. The Balaban J connectivity index is 2.88. The first kappa shape index (κ1) is 16.8. The number of esters is 1. The van der Waals surface area contributed by atoms with E-state index < -0.39 is 12.0 Å². The van der Waals surface area contributed by atoms with Crippen molar-refractivity contribution in [3.8, 4) is 0 Å². The summed E-state index contributed by atoms with van der Waals surface area (Å²) >= 11 is 0. The summed E-state index contributed by atoms with van der Waals surface area (Å²) < 4.78 is 4.66. The first-order valence-corrected chi connectivity index (χ1v) is 6.71. The van der Waals surface area contributed by atoms with E-state index in [0.29, 0.717) is 5.69 Å². The van der Waals surface area contributed by atoms with Crippen LogP contribution in [0.15, 0.2) is 18.2 Å². The zero-order valence-corrected chi connectivity index (χ0v) is 13.1. The fraction of sp³-hybridized carbons (Fsp3) is 0.467. The molecule has 0 bridgehead atoms. The molecule has 1 rings (SSSR count). The second-order valence-electron chi connectivity index (χ2n) is 5.86. The number of benzene rings is 1. The summed E-state index contributed by atoms with van der Waals surface area (Å²) in [4.78, 5) is 23.6. The Kier molecular flexibility index (Phi) is 5.18. The third-order valence-corrected chi connectivity index (χ3v) is 2.77. The van der Waals surface area contributed by atoms with Crippen molar-refractivity contribution < 1.29 is 14.3 Å². The molecule has 0 saturated heterocycles. The van der Waals surface area contributed by atoms with Crippen molar-refractivity contribution in [3.63, 3.8) is 0 Å². The number of amides is 1. The van der Waals surface area contributed by atoms with Crippen LogP contribution in [0.5, 0.6) is 0 Å². The van der Waals surface area contributed by atoms with Gasteiger partial charge in [-0.25, -0.2) is 4.79 Å². The molecule has 0 aliphatic heterocycles. The first-order chi connectivity index (χ1) is 9.65. The molecular weight excluding hydrogens is 270 g/mol. The van der Waals surface area contributed by atoms with Gasteiger partial charge in [0.05, 0.1) is 24.0 Å². The van der Waals surface area contributed by atoms with Gasteiger partial charge < -0.3 is 21.1 Å². The Hall–Kier alpha value is -2.24. The third-order valence-electron chi connectivity index (χ3n) is 2.77. The standard InChI is InChI=1S/C15H23N3O3/c1-9(13(19)18-15(2,3)4)17-11-8-6-7-10(12(11)16)14(20)21-5/h6-9,17H,16H2,1-5H3,(H,18,19). The quantitative estimate of drug-likeness (QED) is 0.581. The molecule has 0 aromatic heterocycles. The van der Waals surface area contributed by atoms with Crippen molar-refractivity contribution in [1.82, 2.24) is 5.32 Å². The average molecular weight is 293 g/mol. The van der Waals surface area contributed by atoms with Crippen molar-refractivity contribution in [3.05, 3.63) is 23.8 Å². The van der Waals surface area contributed by atoms with Gasteiger partial charge in [0.1, 0.15) is 6.04 Å². The van der Waals surface area contributed by atoms with Crippen molar-refractivity contribution in [2.45, 2.75) is 39.3 Å². The maximum atomic E-state index is 12.0. The highest BCUT2D eigenvalue weighted by Gasteiger charge is 2.20. The van der Waals surface area contributed by atoms with Crippen LogP contribution in [0.2, 0.25) is 0 Å². The molecule has 0 fully saturated rings. The Bertz CT molecular complexity index is 535. The van der Waals surface area contributed by atoms with Crippen LogP contribution in [0.25, 0.3) is 0 Å². The van der Waals surface area contributed by atoms with E-state index in [4.69, 9.17) is 5.73 Å². The number of nitrogens with two attached hydrogens (primary N) is 1. The molecule has 0 radical (unpaired) electrons. The van der Waals surface area contributed by atoms with Gasteiger partial charge in [0.15, 0.2) is 0 Å². The molecule has 1 amide bonds. The number of anilines is 2.